The molecule has 0 saturated heterocycles. The highest BCUT2D eigenvalue weighted by Crippen LogP contribution is 2.33. The van der Waals surface area contributed by atoms with Crippen LogP contribution in [0.25, 0.3) is 0 Å². The van der Waals surface area contributed by atoms with Crippen LogP contribution in [0, 0.1) is 5.92 Å². The molecular formula is C10H17N. The molecule has 0 unspecified atom stereocenters. The second-order valence-electron chi connectivity index (χ2n) is 3.16. The zero-order chi connectivity index (χ0) is 8.10. The van der Waals surface area contributed by atoms with E-state index in [9.17, 15) is 0 Å². The minimum Gasteiger partial charge on any atom is -0.402 e. The fraction of sp³-hybridized carbons (Fsp3) is 0.600. The Morgan fingerprint density at radius 3 is 2.82 bits per heavy atom. The molecule has 0 spiro atoms. The molecule has 0 heterocycles. The molecule has 1 aliphatic rings. The van der Waals surface area contributed by atoms with Crippen LogP contribution in [0.15, 0.2) is 23.9 Å². The Kier molecular flexibility index (Phi) is 3.21. The Bertz CT molecular complexity index is 164. The molecule has 0 aliphatic heterocycles. The molecule has 0 amide bonds. The van der Waals surface area contributed by atoms with E-state index in [0.29, 0.717) is 5.92 Å². The van der Waals surface area contributed by atoms with Crippen molar-refractivity contribution in [3.8, 4) is 0 Å². The van der Waals surface area contributed by atoms with Gasteiger partial charge >= 0.3 is 0 Å². The Morgan fingerprint density at radius 2 is 2.27 bits per heavy atom. The molecular weight excluding hydrogens is 134 g/mol. The van der Waals surface area contributed by atoms with Crippen LogP contribution in [0.2, 0.25) is 0 Å². The zero-order valence-electron chi connectivity index (χ0n) is 7.22. The van der Waals surface area contributed by atoms with E-state index in [4.69, 9.17) is 5.73 Å². The lowest BCUT2D eigenvalue weighted by atomic mass is 10.2. The summed E-state index contributed by atoms with van der Waals surface area (Å²) in [7, 11) is 0. The zero-order valence-corrected chi connectivity index (χ0v) is 7.22. The number of hydrogen-bond donors (Lipinski definition) is 1. The van der Waals surface area contributed by atoms with E-state index in [1.165, 1.54) is 19.3 Å². The second kappa shape index (κ2) is 4.22. The maximum absolute atomic E-state index is 5.77. The molecule has 0 aromatic heterocycles. The standard InChI is InChI=1S/C10H17N/c1-2-3-4-5-6-10(11)9-7-8-9/h4-6,9H,2-3,7-8,11H2,1H3/b5-4-,10-6-. The first-order chi connectivity index (χ1) is 5.34. The van der Waals surface area contributed by atoms with Crippen molar-refractivity contribution in [2.75, 3.05) is 0 Å². The van der Waals surface area contributed by atoms with E-state index in [-0.39, 0.29) is 0 Å². The van der Waals surface area contributed by atoms with E-state index < -0.39 is 0 Å². The normalized spacial score (nSPS) is 19.5. The molecule has 0 aromatic rings. The van der Waals surface area contributed by atoms with Crippen LogP contribution in [0.3, 0.4) is 0 Å². The van der Waals surface area contributed by atoms with Gasteiger partial charge in [0.2, 0.25) is 0 Å². The summed E-state index contributed by atoms with van der Waals surface area (Å²) >= 11 is 0. The first-order valence-electron chi connectivity index (χ1n) is 4.46. The van der Waals surface area contributed by atoms with Gasteiger partial charge in [-0.1, -0.05) is 25.5 Å². The first kappa shape index (κ1) is 8.38. The first-order valence-corrected chi connectivity index (χ1v) is 4.46. The largest absolute Gasteiger partial charge is 0.402 e. The summed E-state index contributed by atoms with van der Waals surface area (Å²) in [6.07, 6.45) is 11.3. The molecule has 62 valence electrons. The average molecular weight is 151 g/mol. The van der Waals surface area contributed by atoms with Gasteiger partial charge in [0.1, 0.15) is 0 Å². The van der Waals surface area contributed by atoms with E-state index >= 15 is 0 Å². The third kappa shape index (κ3) is 3.26. The predicted molar refractivity (Wildman–Crippen MR) is 49.0 cm³/mol. The van der Waals surface area contributed by atoms with E-state index in [1.54, 1.807) is 0 Å². The van der Waals surface area contributed by atoms with Crippen LogP contribution in [-0.2, 0) is 0 Å². The number of nitrogens with two attached hydrogens (primary N) is 1. The van der Waals surface area contributed by atoms with Gasteiger partial charge in [-0.2, -0.15) is 0 Å². The monoisotopic (exact) mass is 151 g/mol. The summed E-state index contributed by atoms with van der Waals surface area (Å²) in [5.74, 6) is 0.710. The summed E-state index contributed by atoms with van der Waals surface area (Å²) < 4.78 is 0. The third-order valence-electron chi connectivity index (χ3n) is 1.93. The van der Waals surface area contributed by atoms with Crippen LogP contribution in [-0.4, -0.2) is 0 Å². The van der Waals surface area contributed by atoms with Gasteiger partial charge in [0.15, 0.2) is 0 Å². The molecule has 1 nitrogen and oxygen atoms in total. The SMILES string of the molecule is CCC/C=C\C=C(/N)C1CC1. The molecule has 1 rings (SSSR count). The van der Waals surface area contributed by atoms with Gasteiger partial charge < -0.3 is 5.73 Å². The molecule has 0 bridgehead atoms. The maximum atomic E-state index is 5.77. The van der Waals surface area contributed by atoms with E-state index in [2.05, 4.69) is 19.1 Å². The maximum Gasteiger partial charge on any atom is 0.0112 e. The topological polar surface area (TPSA) is 26.0 Å². The minimum atomic E-state index is 0.710. The van der Waals surface area contributed by atoms with E-state index in [1.807, 2.05) is 6.08 Å². The van der Waals surface area contributed by atoms with Crippen LogP contribution in [0.4, 0.5) is 0 Å². The van der Waals surface area contributed by atoms with Crippen molar-refractivity contribution < 1.29 is 0 Å². The van der Waals surface area contributed by atoms with Gasteiger partial charge in [-0.05, 0) is 31.3 Å². The van der Waals surface area contributed by atoms with Gasteiger partial charge in [0.05, 0.1) is 0 Å². The molecule has 1 saturated carbocycles. The Hall–Kier alpha value is -0.720. The van der Waals surface area contributed by atoms with Crippen molar-refractivity contribution >= 4 is 0 Å². The molecule has 0 atom stereocenters. The Balaban J connectivity index is 2.21. The van der Waals surface area contributed by atoms with Crippen LogP contribution >= 0.6 is 0 Å². The highest BCUT2D eigenvalue weighted by molar-refractivity contribution is 5.15. The highest BCUT2D eigenvalue weighted by Gasteiger charge is 2.23. The summed E-state index contributed by atoms with van der Waals surface area (Å²) in [5, 5.41) is 0. The van der Waals surface area contributed by atoms with Crippen molar-refractivity contribution in [1.29, 1.82) is 0 Å². The van der Waals surface area contributed by atoms with Gasteiger partial charge in [0, 0.05) is 5.70 Å². The average Bonchev–Trinajstić information content (AvgIpc) is 2.79. The summed E-state index contributed by atoms with van der Waals surface area (Å²) in [6, 6.07) is 0. The molecule has 11 heavy (non-hydrogen) atoms. The summed E-state index contributed by atoms with van der Waals surface area (Å²) in [4.78, 5) is 0. The predicted octanol–water partition coefficient (Wildman–Crippen LogP) is 2.60. The van der Waals surface area contributed by atoms with Crippen LogP contribution in [0.1, 0.15) is 32.6 Å². The molecule has 1 heteroatoms. The van der Waals surface area contributed by atoms with Crippen molar-refractivity contribution in [3.05, 3.63) is 23.9 Å². The van der Waals surface area contributed by atoms with Crippen molar-refractivity contribution in [2.45, 2.75) is 32.6 Å². The minimum absolute atomic E-state index is 0.710. The van der Waals surface area contributed by atoms with Gasteiger partial charge in [0.25, 0.3) is 0 Å². The van der Waals surface area contributed by atoms with E-state index in [0.717, 1.165) is 12.1 Å². The molecule has 0 radical (unpaired) electrons. The van der Waals surface area contributed by atoms with Crippen LogP contribution < -0.4 is 5.73 Å². The summed E-state index contributed by atoms with van der Waals surface area (Å²) in [6.45, 7) is 2.18. The third-order valence-corrected chi connectivity index (χ3v) is 1.93. The van der Waals surface area contributed by atoms with Gasteiger partial charge in [-0.3, -0.25) is 0 Å². The second-order valence-corrected chi connectivity index (χ2v) is 3.16. The van der Waals surface area contributed by atoms with Gasteiger partial charge in [-0.25, -0.2) is 0 Å². The number of hydrogen-bond acceptors (Lipinski definition) is 1. The lowest BCUT2D eigenvalue weighted by Crippen LogP contribution is -1.97. The summed E-state index contributed by atoms with van der Waals surface area (Å²) in [5.41, 5.74) is 6.84. The van der Waals surface area contributed by atoms with Crippen molar-refractivity contribution in [2.24, 2.45) is 11.7 Å². The molecule has 2 N–H and O–H groups in total. The lowest BCUT2D eigenvalue weighted by Gasteiger charge is -1.92. The fourth-order valence-electron chi connectivity index (χ4n) is 0.995. The quantitative estimate of drug-likeness (QED) is 0.614. The Labute approximate surface area is 69.0 Å². The van der Waals surface area contributed by atoms with Gasteiger partial charge in [-0.15, -0.1) is 0 Å². The lowest BCUT2D eigenvalue weighted by molar-refractivity contribution is 0.955. The molecule has 1 aliphatic carbocycles. The number of unbranched alkanes of at least 4 members (excludes halogenated alkanes) is 1. The van der Waals surface area contributed by atoms with Crippen molar-refractivity contribution in [1.82, 2.24) is 0 Å². The Morgan fingerprint density at radius 1 is 1.55 bits per heavy atom. The smallest absolute Gasteiger partial charge is 0.0112 e. The number of rotatable bonds is 4. The fourth-order valence-corrected chi connectivity index (χ4v) is 0.995. The highest BCUT2D eigenvalue weighted by atomic mass is 14.6. The van der Waals surface area contributed by atoms with Crippen molar-refractivity contribution in [3.63, 3.8) is 0 Å². The van der Waals surface area contributed by atoms with Crippen LogP contribution in [0.5, 0.6) is 0 Å². The molecule has 1 fully saturated rings. The molecule has 0 aromatic carbocycles. The number of allylic oxidation sites excluding steroid dienone is 4.